The monoisotopic (exact) mass is 353 g/mol. The van der Waals surface area contributed by atoms with E-state index in [1.807, 2.05) is 24.3 Å². The van der Waals surface area contributed by atoms with E-state index >= 15 is 0 Å². The van der Waals surface area contributed by atoms with Crippen molar-refractivity contribution in [2.45, 2.75) is 26.4 Å². The van der Waals surface area contributed by atoms with Crippen LogP contribution in [0.25, 0.3) is 0 Å². The van der Waals surface area contributed by atoms with Gasteiger partial charge in [-0.05, 0) is 41.9 Å². The first kappa shape index (κ1) is 17.0. The number of nitrogens with zero attached hydrogens (tertiary/aromatic N) is 4. The molecule has 2 heterocycles. The summed E-state index contributed by atoms with van der Waals surface area (Å²) in [6, 6.07) is 11.8. The summed E-state index contributed by atoms with van der Waals surface area (Å²) in [5.41, 5.74) is 2.15. The zero-order valence-electron chi connectivity index (χ0n) is 14.1. The van der Waals surface area contributed by atoms with Crippen LogP contribution in [-0.2, 0) is 6.61 Å². The van der Waals surface area contributed by atoms with Gasteiger partial charge in [-0.3, -0.25) is 4.98 Å². The van der Waals surface area contributed by atoms with Gasteiger partial charge in [0.1, 0.15) is 12.4 Å². The molecule has 3 aromatic rings. The normalized spacial score (nSPS) is 11.3. The fraction of sp³-hybridized carbons (Fsp3) is 0.222. The van der Waals surface area contributed by atoms with E-state index in [4.69, 9.17) is 17.0 Å². The molecule has 0 bridgehead atoms. The summed E-state index contributed by atoms with van der Waals surface area (Å²) in [5.74, 6) is 1.87. The Kier molecular flexibility index (Phi) is 5.35. The standard InChI is InChI=1S/C18H19N5OS/c1-13(2)15-5-7-16(8-6-15)24-12-17-21-22-18(25)23(17)20-11-14-4-3-9-19-10-14/h3-11,13H,12H2,1-2H3,(H,22,25)/b20-11-. The number of hydrogen-bond acceptors (Lipinski definition) is 5. The summed E-state index contributed by atoms with van der Waals surface area (Å²) in [4.78, 5) is 4.05. The number of rotatable bonds is 6. The maximum absolute atomic E-state index is 5.80. The molecule has 25 heavy (non-hydrogen) atoms. The number of nitrogens with one attached hydrogen (secondary N) is 1. The highest BCUT2D eigenvalue weighted by atomic mass is 32.1. The SMILES string of the molecule is CC(C)c1ccc(OCc2n[nH]c(=S)n2/N=C\c2cccnc2)cc1. The van der Waals surface area contributed by atoms with Crippen LogP contribution >= 0.6 is 12.2 Å². The first-order chi connectivity index (χ1) is 12.1. The summed E-state index contributed by atoms with van der Waals surface area (Å²) in [6.45, 7) is 4.58. The van der Waals surface area contributed by atoms with E-state index in [0.717, 1.165) is 11.3 Å². The van der Waals surface area contributed by atoms with Crippen LogP contribution in [0, 0.1) is 4.77 Å². The lowest BCUT2D eigenvalue weighted by atomic mass is 10.0. The van der Waals surface area contributed by atoms with Crippen molar-refractivity contribution in [2.75, 3.05) is 0 Å². The van der Waals surface area contributed by atoms with Crippen LogP contribution in [0.15, 0.2) is 53.9 Å². The first-order valence-corrected chi connectivity index (χ1v) is 8.38. The van der Waals surface area contributed by atoms with Gasteiger partial charge < -0.3 is 4.74 Å². The molecule has 2 aromatic heterocycles. The topological polar surface area (TPSA) is 68.1 Å². The Morgan fingerprint density at radius 3 is 2.76 bits per heavy atom. The molecule has 6 nitrogen and oxygen atoms in total. The minimum Gasteiger partial charge on any atom is -0.486 e. The Labute approximate surface area is 151 Å². The summed E-state index contributed by atoms with van der Waals surface area (Å²) in [5, 5.41) is 11.3. The van der Waals surface area contributed by atoms with Gasteiger partial charge >= 0.3 is 0 Å². The molecule has 3 rings (SSSR count). The van der Waals surface area contributed by atoms with E-state index in [2.05, 4.69) is 46.3 Å². The Balaban J connectivity index is 1.71. The van der Waals surface area contributed by atoms with Gasteiger partial charge in [0.2, 0.25) is 4.77 Å². The van der Waals surface area contributed by atoms with Gasteiger partial charge in [0, 0.05) is 18.0 Å². The molecular weight excluding hydrogens is 334 g/mol. The van der Waals surface area contributed by atoms with Crippen molar-refractivity contribution in [1.82, 2.24) is 19.9 Å². The predicted octanol–water partition coefficient (Wildman–Crippen LogP) is 3.92. The molecule has 1 aromatic carbocycles. The molecule has 0 unspecified atom stereocenters. The lowest BCUT2D eigenvalue weighted by Crippen LogP contribution is -2.04. The van der Waals surface area contributed by atoms with E-state index in [9.17, 15) is 0 Å². The van der Waals surface area contributed by atoms with Gasteiger partial charge in [0.25, 0.3) is 0 Å². The second-order valence-corrected chi connectivity index (χ2v) is 6.19. The summed E-state index contributed by atoms with van der Waals surface area (Å²) >= 11 is 5.22. The third-order valence-corrected chi connectivity index (χ3v) is 3.90. The maximum atomic E-state index is 5.80. The van der Waals surface area contributed by atoms with Crippen LogP contribution in [0.3, 0.4) is 0 Å². The van der Waals surface area contributed by atoms with E-state index in [1.54, 1.807) is 23.3 Å². The van der Waals surface area contributed by atoms with E-state index < -0.39 is 0 Å². The number of pyridine rings is 1. The molecule has 0 saturated carbocycles. The average molecular weight is 353 g/mol. The van der Waals surface area contributed by atoms with Crippen LogP contribution in [-0.4, -0.2) is 26.1 Å². The van der Waals surface area contributed by atoms with E-state index in [-0.39, 0.29) is 6.61 Å². The predicted molar refractivity (Wildman–Crippen MR) is 99.5 cm³/mol. The third-order valence-electron chi connectivity index (χ3n) is 3.64. The lowest BCUT2D eigenvalue weighted by Gasteiger charge is -2.08. The highest BCUT2D eigenvalue weighted by Crippen LogP contribution is 2.19. The first-order valence-electron chi connectivity index (χ1n) is 7.97. The molecular formula is C18H19N5OS. The average Bonchev–Trinajstić information content (AvgIpc) is 2.99. The smallest absolute Gasteiger partial charge is 0.216 e. The zero-order chi connectivity index (χ0) is 17.6. The summed E-state index contributed by atoms with van der Waals surface area (Å²) in [6.07, 6.45) is 5.11. The van der Waals surface area contributed by atoms with Crippen molar-refractivity contribution < 1.29 is 4.74 Å². The summed E-state index contributed by atoms with van der Waals surface area (Å²) in [7, 11) is 0. The van der Waals surface area contributed by atoms with Gasteiger partial charge in [-0.15, -0.1) is 0 Å². The van der Waals surface area contributed by atoms with Crippen molar-refractivity contribution >= 4 is 18.4 Å². The summed E-state index contributed by atoms with van der Waals surface area (Å²) < 4.78 is 7.75. The Bertz CT molecular complexity index is 897. The van der Waals surface area contributed by atoms with Crippen LogP contribution in [0.5, 0.6) is 5.75 Å². The molecule has 0 aliphatic heterocycles. The van der Waals surface area contributed by atoms with Gasteiger partial charge in [0.15, 0.2) is 5.82 Å². The highest BCUT2D eigenvalue weighted by molar-refractivity contribution is 7.71. The molecule has 0 aliphatic carbocycles. The van der Waals surface area contributed by atoms with E-state index in [0.29, 0.717) is 16.5 Å². The minimum atomic E-state index is 0.262. The molecule has 0 atom stereocenters. The van der Waals surface area contributed by atoms with E-state index in [1.165, 1.54) is 5.56 Å². The molecule has 0 saturated heterocycles. The van der Waals surface area contributed by atoms with Crippen molar-refractivity contribution in [2.24, 2.45) is 5.10 Å². The molecule has 0 aliphatic rings. The number of benzene rings is 1. The van der Waals surface area contributed by atoms with Crippen molar-refractivity contribution in [3.05, 3.63) is 70.5 Å². The molecule has 0 radical (unpaired) electrons. The fourth-order valence-corrected chi connectivity index (χ4v) is 2.41. The van der Waals surface area contributed by atoms with Crippen molar-refractivity contribution in [1.29, 1.82) is 0 Å². The van der Waals surface area contributed by atoms with Crippen LogP contribution < -0.4 is 4.74 Å². The third kappa shape index (κ3) is 4.39. The van der Waals surface area contributed by atoms with Crippen molar-refractivity contribution in [3.8, 4) is 5.75 Å². The van der Waals surface area contributed by atoms with Gasteiger partial charge in [0.05, 0.1) is 6.21 Å². The molecule has 0 amide bonds. The zero-order valence-corrected chi connectivity index (χ0v) is 14.9. The number of hydrogen-bond donors (Lipinski definition) is 1. The Morgan fingerprint density at radius 1 is 1.28 bits per heavy atom. The minimum absolute atomic E-state index is 0.262. The fourth-order valence-electron chi connectivity index (χ4n) is 2.21. The molecule has 0 spiro atoms. The lowest BCUT2D eigenvalue weighted by molar-refractivity contribution is 0.290. The second kappa shape index (κ2) is 7.85. The largest absolute Gasteiger partial charge is 0.486 e. The van der Waals surface area contributed by atoms with Crippen LogP contribution in [0.4, 0.5) is 0 Å². The number of H-pyrrole nitrogens is 1. The number of aromatic nitrogens is 4. The molecule has 1 N–H and O–H groups in total. The molecule has 7 heteroatoms. The number of aromatic amines is 1. The Hall–Kier alpha value is -2.80. The number of ether oxygens (including phenoxy) is 1. The molecule has 0 fully saturated rings. The second-order valence-electron chi connectivity index (χ2n) is 5.80. The Morgan fingerprint density at radius 2 is 2.08 bits per heavy atom. The molecule has 128 valence electrons. The van der Waals surface area contributed by atoms with Gasteiger partial charge in [-0.2, -0.15) is 14.9 Å². The van der Waals surface area contributed by atoms with Gasteiger partial charge in [-0.25, -0.2) is 5.10 Å². The maximum Gasteiger partial charge on any atom is 0.216 e. The van der Waals surface area contributed by atoms with Crippen molar-refractivity contribution in [3.63, 3.8) is 0 Å². The highest BCUT2D eigenvalue weighted by Gasteiger charge is 2.07. The van der Waals surface area contributed by atoms with Crippen LogP contribution in [0.1, 0.15) is 36.7 Å². The quantitative estimate of drug-likeness (QED) is 0.539. The van der Waals surface area contributed by atoms with Gasteiger partial charge in [-0.1, -0.05) is 32.0 Å². The van der Waals surface area contributed by atoms with Crippen LogP contribution in [0.2, 0.25) is 0 Å².